The zero-order chi connectivity index (χ0) is 32.6. The van der Waals surface area contributed by atoms with Crippen LogP contribution in [0.3, 0.4) is 0 Å². The van der Waals surface area contributed by atoms with Gasteiger partial charge in [0.2, 0.25) is 11.8 Å². The molecule has 0 saturated heterocycles. The molecule has 0 aliphatic heterocycles. The highest BCUT2D eigenvalue weighted by Crippen LogP contribution is 2.29. The SMILES string of the molecule is CCCNC(=O)C(Cc1ccccc1)N(Cc1ccc(Cl)cc1Cl)C(=O)CN(c1cccc(Cl)c1)S(=O)(=O)c1ccc(Cl)cc1. The number of hydrogen-bond donors (Lipinski definition) is 1. The van der Waals surface area contributed by atoms with Gasteiger partial charge in [0.1, 0.15) is 12.6 Å². The zero-order valence-corrected chi connectivity index (χ0v) is 28.1. The lowest BCUT2D eigenvalue weighted by Crippen LogP contribution is -2.53. The number of rotatable bonds is 13. The molecule has 2 amide bonds. The maximum absolute atomic E-state index is 14.5. The highest BCUT2D eigenvalue weighted by Gasteiger charge is 2.35. The van der Waals surface area contributed by atoms with Gasteiger partial charge in [0, 0.05) is 39.6 Å². The van der Waals surface area contributed by atoms with Gasteiger partial charge in [0.05, 0.1) is 10.6 Å². The average molecular weight is 708 g/mol. The Morgan fingerprint density at radius 3 is 2.11 bits per heavy atom. The van der Waals surface area contributed by atoms with Crippen LogP contribution in [-0.4, -0.2) is 44.3 Å². The molecule has 7 nitrogen and oxygen atoms in total. The van der Waals surface area contributed by atoms with Gasteiger partial charge in [0.25, 0.3) is 10.0 Å². The number of carbonyl (C=O) groups is 2. The Balaban J connectivity index is 1.82. The van der Waals surface area contributed by atoms with Crippen molar-refractivity contribution in [2.24, 2.45) is 0 Å². The number of nitrogens with one attached hydrogen (secondary N) is 1. The van der Waals surface area contributed by atoms with E-state index in [9.17, 15) is 18.0 Å². The minimum absolute atomic E-state index is 0.0755. The van der Waals surface area contributed by atoms with Crippen molar-refractivity contribution in [3.05, 3.63) is 128 Å². The van der Waals surface area contributed by atoms with E-state index in [0.29, 0.717) is 33.6 Å². The number of nitrogens with zero attached hydrogens (tertiary/aromatic N) is 2. The van der Waals surface area contributed by atoms with Gasteiger partial charge in [-0.05, 0) is 72.1 Å². The van der Waals surface area contributed by atoms with Gasteiger partial charge in [-0.15, -0.1) is 0 Å². The molecule has 0 heterocycles. The van der Waals surface area contributed by atoms with Gasteiger partial charge in [-0.1, -0.05) is 95.8 Å². The van der Waals surface area contributed by atoms with E-state index in [2.05, 4.69) is 5.32 Å². The lowest BCUT2D eigenvalue weighted by Gasteiger charge is -2.34. The van der Waals surface area contributed by atoms with E-state index in [0.717, 1.165) is 9.87 Å². The van der Waals surface area contributed by atoms with Crippen molar-refractivity contribution in [1.82, 2.24) is 10.2 Å². The van der Waals surface area contributed by atoms with Crippen molar-refractivity contribution >= 4 is 73.9 Å². The second kappa shape index (κ2) is 15.8. The van der Waals surface area contributed by atoms with Gasteiger partial charge in [0.15, 0.2) is 0 Å². The Kier molecular flexibility index (Phi) is 12.2. The summed E-state index contributed by atoms with van der Waals surface area (Å²) in [6.07, 6.45) is 0.858. The van der Waals surface area contributed by atoms with Crippen LogP contribution in [0.15, 0.2) is 102 Å². The molecule has 0 saturated carbocycles. The quantitative estimate of drug-likeness (QED) is 0.155. The van der Waals surface area contributed by atoms with E-state index < -0.39 is 28.5 Å². The van der Waals surface area contributed by atoms with Crippen LogP contribution in [0.5, 0.6) is 0 Å². The molecule has 45 heavy (non-hydrogen) atoms. The molecule has 0 aliphatic carbocycles. The smallest absolute Gasteiger partial charge is 0.264 e. The minimum Gasteiger partial charge on any atom is -0.354 e. The van der Waals surface area contributed by atoms with E-state index in [1.165, 1.54) is 35.2 Å². The van der Waals surface area contributed by atoms with Gasteiger partial charge in [-0.3, -0.25) is 13.9 Å². The van der Waals surface area contributed by atoms with Crippen molar-refractivity contribution in [2.45, 2.75) is 37.2 Å². The molecule has 1 unspecified atom stereocenters. The average Bonchev–Trinajstić information content (AvgIpc) is 3.01. The van der Waals surface area contributed by atoms with Gasteiger partial charge in [-0.2, -0.15) is 0 Å². The van der Waals surface area contributed by atoms with Crippen molar-refractivity contribution in [1.29, 1.82) is 0 Å². The van der Waals surface area contributed by atoms with Crippen molar-refractivity contribution < 1.29 is 18.0 Å². The van der Waals surface area contributed by atoms with Crippen molar-refractivity contribution in [3.63, 3.8) is 0 Å². The standard InChI is InChI=1S/C33H31Cl4N3O4S/c1-2-17-38-33(42)31(18-23-7-4-3-5-8-23)39(21-24-11-12-27(36)20-30(24)37)32(41)22-40(28-10-6-9-26(35)19-28)45(43,44)29-15-13-25(34)14-16-29/h3-16,19-20,31H,2,17-18,21-22H2,1H3,(H,38,42). The molecule has 4 aromatic carbocycles. The number of carbonyl (C=O) groups excluding carboxylic acids is 2. The van der Waals surface area contributed by atoms with Gasteiger partial charge < -0.3 is 10.2 Å². The summed E-state index contributed by atoms with van der Waals surface area (Å²) in [6, 6.07) is 25.0. The minimum atomic E-state index is -4.30. The van der Waals surface area contributed by atoms with E-state index in [4.69, 9.17) is 46.4 Å². The Hall–Kier alpha value is -3.27. The molecule has 0 fully saturated rings. The van der Waals surface area contributed by atoms with Gasteiger partial charge in [-0.25, -0.2) is 8.42 Å². The molecular weight excluding hydrogens is 676 g/mol. The first kappa shape index (κ1) is 34.6. The van der Waals surface area contributed by atoms with Crippen molar-refractivity contribution in [3.8, 4) is 0 Å². The fraction of sp³-hybridized carbons (Fsp3) is 0.212. The van der Waals surface area contributed by atoms with Crippen LogP contribution >= 0.6 is 46.4 Å². The lowest BCUT2D eigenvalue weighted by molar-refractivity contribution is -0.140. The van der Waals surface area contributed by atoms with Crippen LogP contribution in [0, 0.1) is 0 Å². The topological polar surface area (TPSA) is 86.8 Å². The van der Waals surface area contributed by atoms with Crippen LogP contribution in [0.4, 0.5) is 5.69 Å². The predicted molar refractivity (Wildman–Crippen MR) is 182 cm³/mol. The van der Waals surface area contributed by atoms with Crippen LogP contribution in [-0.2, 0) is 32.6 Å². The fourth-order valence-corrected chi connectivity index (χ4v) is 6.83. The van der Waals surface area contributed by atoms with Gasteiger partial charge >= 0.3 is 0 Å². The van der Waals surface area contributed by atoms with Crippen LogP contribution in [0.2, 0.25) is 20.1 Å². The summed E-state index contributed by atoms with van der Waals surface area (Å²) in [6.45, 7) is 1.60. The third kappa shape index (κ3) is 9.15. The van der Waals surface area contributed by atoms with Crippen LogP contribution < -0.4 is 9.62 Å². The van der Waals surface area contributed by atoms with E-state index in [1.54, 1.807) is 36.4 Å². The van der Waals surface area contributed by atoms with Crippen molar-refractivity contribution in [2.75, 3.05) is 17.4 Å². The highest BCUT2D eigenvalue weighted by atomic mass is 35.5. The first-order valence-electron chi connectivity index (χ1n) is 14.1. The molecule has 4 rings (SSSR count). The molecule has 1 atom stereocenters. The summed E-state index contributed by atoms with van der Waals surface area (Å²) in [7, 11) is -4.30. The maximum atomic E-state index is 14.5. The lowest BCUT2D eigenvalue weighted by atomic mass is 10.0. The summed E-state index contributed by atoms with van der Waals surface area (Å²) < 4.78 is 29.1. The van der Waals surface area contributed by atoms with E-state index in [1.807, 2.05) is 37.3 Å². The first-order chi connectivity index (χ1) is 21.5. The van der Waals surface area contributed by atoms with E-state index in [-0.39, 0.29) is 34.5 Å². The number of amides is 2. The Bertz CT molecular complexity index is 1740. The molecule has 12 heteroatoms. The molecule has 0 bridgehead atoms. The molecule has 0 radical (unpaired) electrons. The number of sulfonamides is 1. The van der Waals surface area contributed by atoms with E-state index >= 15 is 0 Å². The predicted octanol–water partition coefficient (Wildman–Crippen LogP) is 7.66. The summed E-state index contributed by atoms with van der Waals surface area (Å²) >= 11 is 25.0. The summed E-state index contributed by atoms with van der Waals surface area (Å²) in [5.74, 6) is -1.01. The Morgan fingerprint density at radius 2 is 1.47 bits per heavy atom. The Labute approximate surface area is 283 Å². The monoisotopic (exact) mass is 705 g/mol. The van der Waals surface area contributed by atoms with Crippen LogP contribution in [0.25, 0.3) is 0 Å². The molecule has 1 N–H and O–H groups in total. The third-order valence-electron chi connectivity index (χ3n) is 6.95. The molecule has 0 aromatic heterocycles. The first-order valence-corrected chi connectivity index (χ1v) is 17.0. The second-order valence-corrected chi connectivity index (χ2v) is 13.8. The Morgan fingerprint density at radius 1 is 0.800 bits per heavy atom. The molecule has 4 aromatic rings. The summed E-state index contributed by atoms with van der Waals surface area (Å²) in [5, 5.41) is 4.24. The fourth-order valence-electron chi connectivity index (χ4n) is 4.65. The third-order valence-corrected chi connectivity index (χ3v) is 9.81. The summed E-state index contributed by atoms with van der Waals surface area (Å²) in [4.78, 5) is 29.5. The molecule has 236 valence electrons. The molecule has 0 spiro atoms. The largest absolute Gasteiger partial charge is 0.354 e. The highest BCUT2D eigenvalue weighted by molar-refractivity contribution is 7.92. The zero-order valence-electron chi connectivity index (χ0n) is 24.3. The molecular formula is C33H31Cl4N3O4S. The number of hydrogen-bond acceptors (Lipinski definition) is 4. The second-order valence-electron chi connectivity index (χ2n) is 10.2. The molecule has 0 aliphatic rings. The maximum Gasteiger partial charge on any atom is 0.264 e. The number of halogens is 4. The summed E-state index contributed by atoms with van der Waals surface area (Å²) in [5.41, 5.74) is 1.52. The number of benzene rings is 4. The normalized spacial score (nSPS) is 11.9. The van der Waals surface area contributed by atoms with Crippen LogP contribution in [0.1, 0.15) is 24.5 Å². The number of anilines is 1.